The predicted molar refractivity (Wildman–Crippen MR) is 108 cm³/mol. The van der Waals surface area contributed by atoms with Gasteiger partial charge in [-0.05, 0) is 85.6 Å². The fourth-order valence-corrected chi connectivity index (χ4v) is 4.93. The molecule has 0 amide bonds. The third-order valence-corrected chi connectivity index (χ3v) is 6.77. The summed E-state index contributed by atoms with van der Waals surface area (Å²) in [5.74, 6) is 1.52. The van der Waals surface area contributed by atoms with Gasteiger partial charge < -0.3 is 9.51 Å². The lowest BCUT2D eigenvalue weighted by atomic mass is 9.75. The Labute approximate surface area is 165 Å². The molecule has 1 atom stereocenters. The predicted octanol–water partition coefficient (Wildman–Crippen LogP) is 5.87. The van der Waals surface area contributed by atoms with Gasteiger partial charge in [0.15, 0.2) is 0 Å². The quantitative estimate of drug-likeness (QED) is 0.614. The monoisotopic (exact) mass is 380 g/mol. The summed E-state index contributed by atoms with van der Waals surface area (Å²) in [5, 5.41) is 12.1. The third kappa shape index (κ3) is 3.28. The van der Waals surface area contributed by atoms with Gasteiger partial charge in [-0.2, -0.15) is 0 Å². The number of pyridine rings is 1. The fourth-order valence-electron chi connectivity index (χ4n) is 4.81. The maximum Gasteiger partial charge on any atom is 0.0995 e. The van der Waals surface area contributed by atoms with E-state index in [1.54, 1.807) is 0 Å². The largest absolute Gasteiger partial charge is 0.387 e. The normalized spacial score (nSPS) is 24.2. The summed E-state index contributed by atoms with van der Waals surface area (Å²) in [6, 6.07) is 12.6. The molecular formula is C23H25ClN2O. The highest BCUT2D eigenvalue weighted by molar-refractivity contribution is 6.30. The van der Waals surface area contributed by atoms with Crippen LogP contribution in [0.5, 0.6) is 0 Å². The standard InChI is InChI=1S/C23H25ClN2O/c24-19-9-7-16(8-10-19)15-1-5-18(6-2-15)23(27)22-21(17-3-4-17)12-11-20-13-25-14-26(20)22/h7-15,17-18,23,27H,1-6H2/t15-,18+,23-/m1/s1. The lowest BCUT2D eigenvalue weighted by molar-refractivity contribution is 0.0754. The molecule has 3 nitrogen and oxygen atoms in total. The van der Waals surface area contributed by atoms with Crippen LogP contribution in [0.15, 0.2) is 48.9 Å². The maximum absolute atomic E-state index is 11.3. The van der Waals surface area contributed by atoms with E-state index in [2.05, 4.69) is 33.7 Å². The maximum atomic E-state index is 11.3. The van der Waals surface area contributed by atoms with Crippen molar-refractivity contribution in [2.75, 3.05) is 0 Å². The van der Waals surface area contributed by atoms with Crippen molar-refractivity contribution in [3.05, 3.63) is 70.8 Å². The van der Waals surface area contributed by atoms with E-state index in [0.717, 1.165) is 41.9 Å². The van der Waals surface area contributed by atoms with Crippen LogP contribution in [-0.2, 0) is 0 Å². The number of fused-ring (bicyclic) bond motifs is 1. The molecule has 2 saturated carbocycles. The first kappa shape index (κ1) is 17.3. The Hall–Kier alpha value is -1.84. The smallest absolute Gasteiger partial charge is 0.0995 e. The summed E-state index contributed by atoms with van der Waals surface area (Å²) in [6.07, 6.45) is 10.2. The van der Waals surface area contributed by atoms with Crippen LogP contribution in [0.2, 0.25) is 5.02 Å². The van der Waals surface area contributed by atoms with Gasteiger partial charge in [-0.25, -0.2) is 4.98 Å². The van der Waals surface area contributed by atoms with Crippen molar-refractivity contribution in [1.29, 1.82) is 0 Å². The van der Waals surface area contributed by atoms with Crippen LogP contribution in [0.3, 0.4) is 0 Å². The van der Waals surface area contributed by atoms with Crippen LogP contribution in [0.4, 0.5) is 0 Å². The third-order valence-electron chi connectivity index (χ3n) is 6.51. The molecule has 2 aliphatic rings. The van der Waals surface area contributed by atoms with E-state index in [9.17, 15) is 5.11 Å². The first-order valence-corrected chi connectivity index (χ1v) is 10.5. The highest BCUT2D eigenvalue weighted by atomic mass is 35.5. The van der Waals surface area contributed by atoms with Gasteiger partial charge in [-0.1, -0.05) is 29.8 Å². The van der Waals surface area contributed by atoms with Crippen LogP contribution in [0.1, 0.15) is 73.3 Å². The zero-order valence-corrected chi connectivity index (χ0v) is 16.1. The molecule has 1 aromatic carbocycles. The molecule has 1 N–H and O–H groups in total. The first-order chi connectivity index (χ1) is 13.2. The van der Waals surface area contributed by atoms with Crippen molar-refractivity contribution >= 4 is 17.1 Å². The Morgan fingerprint density at radius 3 is 2.33 bits per heavy atom. The number of nitrogens with zero attached hydrogens (tertiary/aromatic N) is 2. The molecule has 4 heteroatoms. The van der Waals surface area contributed by atoms with Crippen LogP contribution >= 0.6 is 11.6 Å². The van der Waals surface area contributed by atoms with Crippen LogP contribution in [-0.4, -0.2) is 14.5 Å². The first-order valence-electron chi connectivity index (χ1n) is 10.1. The minimum Gasteiger partial charge on any atom is -0.387 e. The Morgan fingerprint density at radius 2 is 1.63 bits per heavy atom. The molecule has 27 heavy (non-hydrogen) atoms. The number of aliphatic hydroxyl groups excluding tert-OH is 1. The lowest BCUT2D eigenvalue weighted by Gasteiger charge is -2.33. The molecule has 0 unspecified atom stereocenters. The van der Waals surface area contributed by atoms with Crippen molar-refractivity contribution < 1.29 is 5.11 Å². The summed E-state index contributed by atoms with van der Waals surface area (Å²) >= 11 is 6.03. The Kier molecular flexibility index (Phi) is 4.45. The summed E-state index contributed by atoms with van der Waals surface area (Å²) < 4.78 is 2.11. The van der Waals surface area contributed by atoms with Gasteiger partial charge in [0.2, 0.25) is 0 Å². The molecule has 3 aromatic rings. The molecule has 0 spiro atoms. The second-order valence-electron chi connectivity index (χ2n) is 8.24. The number of benzene rings is 1. The average molecular weight is 381 g/mol. The number of halogens is 1. The molecule has 5 rings (SSSR count). The summed E-state index contributed by atoms with van der Waals surface area (Å²) in [4.78, 5) is 4.31. The van der Waals surface area contributed by atoms with Crippen LogP contribution in [0, 0.1) is 5.92 Å². The van der Waals surface area contributed by atoms with E-state index in [0.29, 0.717) is 17.8 Å². The number of hydrogen-bond donors (Lipinski definition) is 1. The average Bonchev–Trinajstić information content (AvgIpc) is 3.44. The second kappa shape index (κ2) is 6.96. The zero-order valence-electron chi connectivity index (χ0n) is 15.4. The molecule has 0 radical (unpaired) electrons. The summed E-state index contributed by atoms with van der Waals surface area (Å²) in [7, 11) is 0. The lowest BCUT2D eigenvalue weighted by Crippen LogP contribution is -2.22. The topological polar surface area (TPSA) is 37.5 Å². The van der Waals surface area contributed by atoms with E-state index in [1.807, 2.05) is 24.7 Å². The van der Waals surface area contributed by atoms with E-state index in [1.165, 1.54) is 24.0 Å². The highest BCUT2D eigenvalue weighted by Gasteiger charge is 2.34. The minimum absolute atomic E-state index is 0.319. The summed E-state index contributed by atoms with van der Waals surface area (Å²) in [5.41, 5.74) is 4.86. The van der Waals surface area contributed by atoms with Crippen molar-refractivity contribution in [2.45, 2.75) is 56.5 Å². The van der Waals surface area contributed by atoms with Gasteiger partial charge in [0.1, 0.15) is 0 Å². The van der Waals surface area contributed by atoms with Gasteiger partial charge >= 0.3 is 0 Å². The molecule has 2 heterocycles. The molecule has 0 saturated heterocycles. The zero-order chi connectivity index (χ0) is 18.4. The van der Waals surface area contributed by atoms with Crippen molar-refractivity contribution in [3.8, 4) is 0 Å². The van der Waals surface area contributed by atoms with E-state index < -0.39 is 6.10 Å². The molecular weight excluding hydrogens is 356 g/mol. The number of aromatic nitrogens is 2. The van der Waals surface area contributed by atoms with Gasteiger partial charge in [0.25, 0.3) is 0 Å². The molecule has 2 fully saturated rings. The number of rotatable bonds is 4. The van der Waals surface area contributed by atoms with Crippen molar-refractivity contribution in [3.63, 3.8) is 0 Å². The number of hydrogen-bond acceptors (Lipinski definition) is 2. The fraction of sp³-hybridized carbons (Fsp3) is 0.435. The molecule has 140 valence electrons. The molecule has 0 bridgehead atoms. The van der Waals surface area contributed by atoms with Gasteiger partial charge in [0, 0.05) is 5.02 Å². The molecule has 0 aliphatic heterocycles. The highest BCUT2D eigenvalue weighted by Crippen LogP contribution is 2.47. The summed E-state index contributed by atoms with van der Waals surface area (Å²) in [6.45, 7) is 0. The van der Waals surface area contributed by atoms with E-state index in [-0.39, 0.29) is 0 Å². The Bertz CT molecular complexity index is 937. The van der Waals surface area contributed by atoms with E-state index >= 15 is 0 Å². The Morgan fingerprint density at radius 1 is 0.926 bits per heavy atom. The van der Waals surface area contributed by atoms with Gasteiger partial charge in [-0.15, -0.1) is 0 Å². The SMILES string of the molecule is O[C@@H](c1c(C2CC2)ccc2cncn12)[C@H]1CC[C@@H](c2ccc(Cl)cc2)CC1. The minimum atomic E-state index is -0.412. The molecule has 2 aromatic heterocycles. The van der Waals surface area contributed by atoms with Gasteiger partial charge in [0.05, 0.1) is 29.8 Å². The Balaban J connectivity index is 1.37. The van der Waals surface area contributed by atoms with Crippen molar-refractivity contribution in [1.82, 2.24) is 9.38 Å². The van der Waals surface area contributed by atoms with Gasteiger partial charge in [-0.3, -0.25) is 0 Å². The van der Waals surface area contributed by atoms with Crippen LogP contribution < -0.4 is 0 Å². The van der Waals surface area contributed by atoms with Crippen molar-refractivity contribution in [2.24, 2.45) is 5.92 Å². The number of aliphatic hydroxyl groups is 1. The second-order valence-corrected chi connectivity index (χ2v) is 8.68. The number of imidazole rings is 1. The molecule has 2 aliphatic carbocycles. The van der Waals surface area contributed by atoms with E-state index in [4.69, 9.17) is 11.6 Å². The van der Waals surface area contributed by atoms with Crippen LogP contribution in [0.25, 0.3) is 5.52 Å².